The molecule has 3 N–H and O–H groups in total. The van der Waals surface area contributed by atoms with Gasteiger partial charge in [-0.1, -0.05) is 6.92 Å². The monoisotopic (exact) mass is 216 g/mol. The largest absolute Gasteiger partial charge is 0.394 e. The smallest absolute Gasteiger partial charge is 0.234 e. The highest BCUT2D eigenvalue weighted by Gasteiger charge is 2.33. The number of hydrogen-bond donors (Lipinski definition) is 3. The predicted octanol–water partition coefficient (Wildman–Crippen LogP) is -0.746. The van der Waals surface area contributed by atoms with Crippen LogP contribution in [0.15, 0.2) is 0 Å². The van der Waals surface area contributed by atoms with E-state index in [4.69, 9.17) is 4.74 Å². The van der Waals surface area contributed by atoms with Gasteiger partial charge in [-0.2, -0.15) is 0 Å². The van der Waals surface area contributed by atoms with Crippen molar-refractivity contribution in [3.05, 3.63) is 0 Å². The number of rotatable bonds is 5. The lowest BCUT2D eigenvalue weighted by Crippen LogP contribution is -2.56. The van der Waals surface area contributed by atoms with Crippen molar-refractivity contribution in [1.29, 1.82) is 0 Å². The van der Waals surface area contributed by atoms with Gasteiger partial charge in [-0.25, -0.2) is 0 Å². The van der Waals surface area contributed by atoms with Crippen LogP contribution in [0.3, 0.4) is 0 Å². The van der Waals surface area contributed by atoms with Gasteiger partial charge in [-0.15, -0.1) is 0 Å². The Kier molecular flexibility index (Phi) is 5.01. The van der Waals surface area contributed by atoms with Crippen LogP contribution in [0, 0.1) is 0 Å². The second kappa shape index (κ2) is 6.05. The molecule has 0 saturated carbocycles. The molecule has 1 fully saturated rings. The highest BCUT2D eigenvalue weighted by Crippen LogP contribution is 2.19. The Morgan fingerprint density at radius 3 is 2.67 bits per heavy atom. The molecule has 1 saturated heterocycles. The predicted molar refractivity (Wildman–Crippen MR) is 56.6 cm³/mol. The summed E-state index contributed by atoms with van der Waals surface area (Å²) in [5.74, 6) is -0.0622. The highest BCUT2D eigenvalue weighted by molar-refractivity contribution is 5.78. The number of carbonyl (C=O) groups is 1. The molecule has 88 valence electrons. The molecule has 1 rings (SSSR count). The van der Waals surface area contributed by atoms with Gasteiger partial charge in [0.2, 0.25) is 5.91 Å². The number of ether oxygens (including phenoxy) is 1. The summed E-state index contributed by atoms with van der Waals surface area (Å²) in [4.78, 5) is 11.5. The van der Waals surface area contributed by atoms with Crippen molar-refractivity contribution in [2.45, 2.75) is 25.3 Å². The van der Waals surface area contributed by atoms with E-state index in [2.05, 4.69) is 10.6 Å². The van der Waals surface area contributed by atoms with Crippen molar-refractivity contribution in [3.63, 3.8) is 0 Å². The minimum absolute atomic E-state index is 0.0196. The fourth-order valence-electron chi connectivity index (χ4n) is 1.66. The average Bonchev–Trinajstić information content (AvgIpc) is 2.27. The number of likely N-dealkylation sites (N-methyl/N-ethyl adjacent to an activating group) is 1. The second-order valence-electron chi connectivity index (χ2n) is 3.88. The van der Waals surface area contributed by atoms with Crippen LogP contribution in [-0.2, 0) is 9.53 Å². The van der Waals surface area contributed by atoms with E-state index in [0.29, 0.717) is 32.6 Å². The summed E-state index contributed by atoms with van der Waals surface area (Å²) in [5, 5.41) is 15.2. The zero-order valence-corrected chi connectivity index (χ0v) is 9.21. The lowest BCUT2D eigenvalue weighted by Gasteiger charge is -2.36. The molecule has 1 heterocycles. The van der Waals surface area contributed by atoms with Crippen molar-refractivity contribution in [2.24, 2.45) is 0 Å². The summed E-state index contributed by atoms with van der Waals surface area (Å²) in [6.07, 6.45) is 1.36. The Morgan fingerprint density at radius 1 is 1.47 bits per heavy atom. The van der Waals surface area contributed by atoms with Crippen LogP contribution in [0.2, 0.25) is 0 Å². The Bertz CT molecular complexity index is 203. The van der Waals surface area contributed by atoms with Crippen LogP contribution in [0.25, 0.3) is 0 Å². The maximum absolute atomic E-state index is 11.5. The van der Waals surface area contributed by atoms with Gasteiger partial charge in [-0.3, -0.25) is 4.79 Å². The number of nitrogens with one attached hydrogen (secondary N) is 2. The molecular weight excluding hydrogens is 196 g/mol. The summed E-state index contributed by atoms with van der Waals surface area (Å²) < 4.78 is 5.21. The zero-order chi connectivity index (χ0) is 11.1. The van der Waals surface area contributed by atoms with Crippen LogP contribution in [0.5, 0.6) is 0 Å². The minimum Gasteiger partial charge on any atom is -0.394 e. The van der Waals surface area contributed by atoms with Crippen molar-refractivity contribution in [3.8, 4) is 0 Å². The Morgan fingerprint density at radius 2 is 2.13 bits per heavy atom. The molecule has 1 aliphatic rings. The van der Waals surface area contributed by atoms with E-state index in [9.17, 15) is 9.90 Å². The fourth-order valence-corrected chi connectivity index (χ4v) is 1.66. The number of aliphatic hydroxyl groups is 1. The van der Waals surface area contributed by atoms with Gasteiger partial charge in [0, 0.05) is 13.2 Å². The Balaban J connectivity index is 2.40. The lowest BCUT2D eigenvalue weighted by atomic mass is 9.91. The van der Waals surface area contributed by atoms with Gasteiger partial charge in [0.15, 0.2) is 0 Å². The summed E-state index contributed by atoms with van der Waals surface area (Å²) in [6.45, 7) is 4.20. The highest BCUT2D eigenvalue weighted by atomic mass is 16.5. The third-order valence-corrected chi connectivity index (χ3v) is 2.69. The quantitative estimate of drug-likeness (QED) is 0.566. The number of carbonyl (C=O) groups excluding carboxylic acids is 1. The van der Waals surface area contributed by atoms with Crippen molar-refractivity contribution in [2.75, 3.05) is 32.9 Å². The first kappa shape index (κ1) is 12.4. The second-order valence-corrected chi connectivity index (χ2v) is 3.88. The Labute approximate surface area is 90.2 Å². The summed E-state index contributed by atoms with van der Waals surface area (Å²) in [6, 6.07) is 0. The van der Waals surface area contributed by atoms with E-state index in [-0.39, 0.29) is 12.5 Å². The van der Waals surface area contributed by atoms with Gasteiger partial charge < -0.3 is 20.5 Å². The molecule has 1 amide bonds. The lowest BCUT2D eigenvalue weighted by molar-refractivity contribution is -0.124. The summed E-state index contributed by atoms with van der Waals surface area (Å²) >= 11 is 0. The fraction of sp³-hybridized carbons (Fsp3) is 0.900. The normalized spacial score (nSPS) is 19.9. The van der Waals surface area contributed by atoms with Gasteiger partial charge in [0.25, 0.3) is 0 Å². The average molecular weight is 216 g/mol. The third-order valence-electron chi connectivity index (χ3n) is 2.69. The first-order valence-corrected chi connectivity index (χ1v) is 5.43. The Hall–Kier alpha value is -0.650. The first-order valence-electron chi connectivity index (χ1n) is 5.43. The van der Waals surface area contributed by atoms with E-state index < -0.39 is 5.54 Å². The maximum Gasteiger partial charge on any atom is 0.234 e. The first-order chi connectivity index (χ1) is 7.22. The van der Waals surface area contributed by atoms with E-state index >= 15 is 0 Å². The molecule has 0 spiro atoms. The summed E-state index contributed by atoms with van der Waals surface area (Å²) in [5.41, 5.74) is -0.468. The molecule has 0 aromatic rings. The molecule has 0 aromatic heterocycles. The molecule has 0 aromatic carbocycles. The van der Waals surface area contributed by atoms with Crippen LogP contribution >= 0.6 is 0 Å². The standard InChI is InChI=1S/C10H20N2O3/c1-2-11-7-9(14)12-10(8-13)3-5-15-6-4-10/h11,13H,2-8H2,1H3,(H,12,14). The van der Waals surface area contributed by atoms with E-state index in [1.54, 1.807) is 0 Å². The molecule has 0 bridgehead atoms. The molecule has 0 aliphatic carbocycles. The van der Waals surface area contributed by atoms with Crippen LogP contribution < -0.4 is 10.6 Å². The molecule has 0 radical (unpaired) electrons. The molecule has 5 nitrogen and oxygen atoms in total. The van der Waals surface area contributed by atoms with Crippen molar-refractivity contribution < 1.29 is 14.6 Å². The van der Waals surface area contributed by atoms with Gasteiger partial charge in [0.1, 0.15) is 0 Å². The molecule has 5 heteroatoms. The summed E-state index contributed by atoms with van der Waals surface area (Å²) in [7, 11) is 0. The number of aliphatic hydroxyl groups excluding tert-OH is 1. The minimum atomic E-state index is -0.468. The molecular formula is C10H20N2O3. The van der Waals surface area contributed by atoms with Gasteiger partial charge in [-0.05, 0) is 19.4 Å². The van der Waals surface area contributed by atoms with Crippen molar-refractivity contribution in [1.82, 2.24) is 10.6 Å². The van der Waals surface area contributed by atoms with Crippen LogP contribution in [-0.4, -0.2) is 49.5 Å². The SMILES string of the molecule is CCNCC(=O)NC1(CO)CCOCC1. The van der Waals surface area contributed by atoms with Crippen molar-refractivity contribution >= 4 is 5.91 Å². The third kappa shape index (κ3) is 3.77. The molecule has 15 heavy (non-hydrogen) atoms. The number of amides is 1. The topological polar surface area (TPSA) is 70.6 Å². The van der Waals surface area contributed by atoms with Gasteiger partial charge in [0.05, 0.1) is 18.7 Å². The van der Waals surface area contributed by atoms with E-state index in [0.717, 1.165) is 6.54 Å². The molecule has 1 aliphatic heterocycles. The van der Waals surface area contributed by atoms with E-state index in [1.807, 2.05) is 6.92 Å². The molecule has 0 atom stereocenters. The number of hydrogen-bond acceptors (Lipinski definition) is 4. The zero-order valence-electron chi connectivity index (χ0n) is 9.21. The van der Waals surface area contributed by atoms with E-state index in [1.165, 1.54) is 0 Å². The maximum atomic E-state index is 11.5. The van der Waals surface area contributed by atoms with Crippen LogP contribution in [0.1, 0.15) is 19.8 Å². The molecule has 0 unspecified atom stereocenters. The van der Waals surface area contributed by atoms with Gasteiger partial charge >= 0.3 is 0 Å². The van der Waals surface area contributed by atoms with Crippen LogP contribution in [0.4, 0.5) is 0 Å².